The normalized spacial score (nSPS) is 14.4. The average Bonchev–Trinajstić information content (AvgIpc) is 1.84. The van der Waals surface area contributed by atoms with Gasteiger partial charge in [-0.2, -0.15) is 0 Å². The van der Waals surface area contributed by atoms with E-state index in [1.54, 1.807) is 6.92 Å². The minimum absolute atomic E-state index is 0.599. The SMILES string of the molecule is C#CC#CC(C)(O)CC. The molecule has 0 fully saturated rings. The van der Waals surface area contributed by atoms with Crippen LogP contribution in [-0.2, 0) is 0 Å². The van der Waals surface area contributed by atoms with Gasteiger partial charge >= 0.3 is 0 Å². The van der Waals surface area contributed by atoms with Crippen LogP contribution in [0, 0.1) is 24.2 Å². The van der Waals surface area contributed by atoms with Crippen molar-refractivity contribution >= 4 is 0 Å². The van der Waals surface area contributed by atoms with Gasteiger partial charge in [-0.25, -0.2) is 0 Å². The second-order valence-corrected chi connectivity index (χ2v) is 2.02. The van der Waals surface area contributed by atoms with Crippen molar-refractivity contribution in [3.05, 3.63) is 0 Å². The molecule has 0 heterocycles. The van der Waals surface area contributed by atoms with Gasteiger partial charge in [-0.05, 0) is 25.2 Å². The van der Waals surface area contributed by atoms with Crippen molar-refractivity contribution in [3.63, 3.8) is 0 Å². The first-order chi connectivity index (χ1) is 4.12. The fraction of sp³-hybridized carbons (Fsp3) is 0.500. The van der Waals surface area contributed by atoms with E-state index in [4.69, 9.17) is 6.42 Å². The molecule has 0 aromatic rings. The highest BCUT2D eigenvalue weighted by Crippen LogP contribution is 2.04. The Kier molecular flexibility index (Phi) is 2.85. The van der Waals surface area contributed by atoms with E-state index in [2.05, 4.69) is 17.8 Å². The zero-order valence-electron chi connectivity index (χ0n) is 5.73. The summed E-state index contributed by atoms with van der Waals surface area (Å²) in [6, 6.07) is 0. The Morgan fingerprint density at radius 2 is 2.22 bits per heavy atom. The average molecular weight is 122 g/mol. The van der Waals surface area contributed by atoms with Crippen LogP contribution in [-0.4, -0.2) is 10.7 Å². The molecule has 0 aromatic carbocycles. The van der Waals surface area contributed by atoms with Crippen molar-refractivity contribution < 1.29 is 5.11 Å². The number of terminal acetylenes is 1. The van der Waals surface area contributed by atoms with Crippen molar-refractivity contribution in [3.8, 4) is 24.2 Å². The first kappa shape index (κ1) is 8.08. The van der Waals surface area contributed by atoms with E-state index < -0.39 is 5.60 Å². The van der Waals surface area contributed by atoms with Crippen LogP contribution >= 0.6 is 0 Å². The molecule has 48 valence electrons. The van der Waals surface area contributed by atoms with Crippen molar-refractivity contribution in [2.24, 2.45) is 0 Å². The second-order valence-electron chi connectivity index (χ2n) is 2.02. The largest absolute Gasteiger partial charge is 0.378 e. The molecule has 0 bridgehead atoms. The number of rotatable bonds is 1. The molecule has 0 saturated carbocycles. The van der Waals surface area contributed by atoms with Crippen molar-refractivity contribution in [2.75, 3.05) is 0 Å². The van der Waals surface area contributed by atoms with Crippen molar-refractivity contribution in [1.82, 2.24) is 0 Å². The first-order valence-corrected chi connectivity index (χ1v) is 2.82. The minimum atomic E-state index is -0.910. The van der Waals surface area contributed by atoms with Crippen LogP contribution in [0.25, 0.3) is 0 Å². The standard InChI is InChI=1S/C8H10O/c1-4-6-7-8(3,9)5-2/h1,9H,5H2,2-3H3. The molecule has 1 atom stereocenters. The van der Waals surface area contributed by atoms with Gasteiger partial charge in [0, 0.05) is 0 Å². The van der Waals surface area contributed by atoms with Crippen LogP contribution in [0.4, 0.5) is 0 Å². The molecule has 0 aliphatic heterocycles. The minimum Gasteiger partial charge on any atom is -0.378 e. The summed E-state index contributed by atoms with van der Waals surface area (Å²) >= 11 is 0. The lowest BCUT2D eigenvalue weighted by Gasteiger charge is -2.10. The third-order valence-electron chi connectivity index (χ3n) is 1.09. The Labute approximate surface area is 56.1 Å². The monoisotopic (exact) mass is 122 g/mol. The van der Waals surface area contributed by atoms with Crippen LogP contribution in [0.15, 0.2) is 0 Å². The van der Waals surface area contributed by atoms with E-state index in [1.807, 2.05) is 6.92 Å². The van der Waals surface area contributed by atoms with Gasteiger partial charge in [0.25, 0.3) is 0 Å². The summed E-state index contributed by atoms with van der Waals surface area (Å²) in [5.74, 6) is 7.03. The van der Waals surface area contributed by atoms with Gasteiger partial charge in [0.1, 0.15) is 5.60 Å². The smallest absolute Gasteiger partial charge is 0.123 e. The van der Waals surface area contributed by atoms with Gasteiger partial charge in [-0.1, -0.05) is 12.8 Å². The number of hydrogen-bond acceptors (Lipinski definition) is 1. The Morgan fingerprint density at radius 3 is 2.56 bits per heavy atom. The van der Waals surface area contributed by atoms with Crippen LogP contribution in [0.3, 0.4) is 0 Å². The molecule has 1 nitrogen and oxygen atoms in total. The van der Waals surface area contributed by atoms with Gasteiger partial charge < -0.3 is 5.11 Å². The summed E-state index contributed by atoms with van der Waals surface area (Å²) in [5, 5.41) is 9.19. The summed E-state index contributed by atoms with van der Waals surface area (Å²) in [5.41, 5.74) is -0.910. The van der Waals surface area contributed by atoms with Gasteiger partial charge in [0.2, 0.25) is 0 Å². The van der Waals surface area contributed by atoms with Crippen LogP contribution in [0.1, 0.15) is 20.3 Å². The Morgan fingerprint density at radius 1 is 1.67 bits per heavy atom. The quantitative estimate of drug-likeness (QED) is 0.510. The fourth-order valence-electron chi connectivity index (χ4n) is 0.259. The van der Waals surface area contributed by atoms with E-state index in [0.717, 1.165) is 0 Å². The molecule has 1 unspecified atom stereocenters. The lowest BCUT2D eigenvalue weighted by Crippen LogP contribution is -2.19. The molecule has 0 aromatic heterocycles. The molecular weight excluding hydrogens is 112 g/mol. The van der Waals surface area contributed by atoms with E-state index in [-0.39, 0.29) is 0 Å². The van der Waals surface area contributed by atoms with E-state index in [0.29, 0.717) is 6.42 Å². The molecule has 0 radical (unpaired) electrons. The fourth-order valence-corrected chi connectivity index (χ4v) is 0.259. The number of hydrogen-bond donors (Lipinski definition) is 1. The maximum Gasteiger partial charge on any atom is 0.123 e. The molecule has 9 heavy (non-hydrogen) atoms. The van der Waals surface area contributed by atoms with Crippen LogP contribution in [0.2, 0.25) is 0 Å². The molecule has 0 amide bonds. The van der Waals surface area contributed by atoms with Gasteiger partial charge in [0.05, 0.1) is 0 Å². The Bertz CT molecular complexity index is 173. The first-order valence-electron chi connectivity index (χ1n) is 2.82. The highest BCUT2D eigenvalue weighted by atomic mass is 16.3. The van der Waals surface area contributed by atoms with E-state index in [1.165, 1.54) is 0 Å². The Balaban J connectivity index is 4.05. The number of aliphatic hydroxyl groups is 1. The summed E-state index contributed by atoms with van der Waals surface area (Å²) < 4.78 is 0. The highest BCUT2D eigenvalue weighted by Gasteiger charge is 2.11. The lowest BCUT2D eigenvalue weighted by atomic mass is 10.1. The van der Waals surface area contributed by atoms with Gasteiger partial charge in [-0.15, -0.1) is 6.42 Å². The highest BCUT2D eigenvalue weighted by molar-refractivity contribution is 5.26. The third kappa shape index (κ3) is 3.64. The zero-order valence-corrected chi connectivity index (χ0v) is 5.73. The van der Waals surface area contributed by atoms with Crippen LogP contribution < -0.4 is 0 Å². The van der Waals surface area contributed by atoms with E-state index >= 15 is 0 Å². The molecule has 0 spiro atoms. The van der Waals surface area contributed by atoms with Crippen LogP contribution in [0.5, 0.6) is 0 Å². The lowest BCUT2D eigenvalue weighted by molar-refractivity contribution is 0.118. The van der Waals surface area contributed by atoms with Gasteiger partial charge in [0.15, 0.2) is 0 Å². The predicted molar refractivity (Wildman–Crippen MR) is 37.5 cm³/mol. The molecule has 1 N–H and O–H groups in total. The van der Waals surface area contributed by atoms with Crippen molar-refractivity contribution in [2.45, 2.75) is 25.9 Å². The van der Waals surface area contributed by atoms with Gasteiger partial charge in [-0.3, -0.25) is 0 Å². The maximum atomic E-state index is 9.19. The summed E-state index contributed by atoms with van der Waals surface area (Å²) in [6.07, 6.45) is 5.45. The molecular formula is C8H10O. The van der Waals surface area contributed by atoms with Crippen molar-refractivity contribution in [1.29, 1.82) is 0 Å². The molecule has 0 rings (SSSR count). The molecule has 0 saturated heterocycles. The molecule has 0 aliphatic rings. The Hall–Kier alpha value is -0.920. The topological polar surface area (TPSA) is 20.2 Å². The second kappa shape index (κ2) is 3.17. The summed E-state index contributed by atoms with van der Waals surface area (Å²) in [4.78, 5) is 0. The molecule has 1 heteroatoms. The molecule has 0 aliphatic carbocycles. The zero-order chi connectivity index (χ0) is 7.33. The third-order valence-corrected chi connectivity index (χ3v) is 1.09. The summed E-state index contributed by atoms with van der Waals surface area (Å²) in [7, 11) is 0. The van der Waals surface area contributed by atoms with E-state index in [9.17, 15) is 5.11 Å². The summed E-state index contributed by atoms with van der Waals surface area (Å²) in [6.45, 7) is 3.49. The predicted octanol–water partition coefficient (Wildman–Crippen LogP) is 0.784. The maximum absolute atomic E-state index is 9.19.